The fourth-order valence-electron chi connectivity index (χ4n) is 3.10. The third kappa shape index (κ3) is 4.90. The predicted molar refractivity (Wildman–Crippen MR) is 88.9 cm³/mol. The summed E-state index contributed by atoms with van der Waals surface area (Å²) in [5, 5.41) is 21.3. The van der Waals surface area contributed by atoms with Crippen molar-refractivity contribution in [3.8, 4) is 0 Å². The van der Waals surface area contributed by atoms with E-state index < -0.39 is 0 Å². The molecular weight excluding hydrogens is 313 g/mol. The average molecular weight is 339 g/mol. The first-order valence-electron chi connectivity index (χ1n) is 8.21. The molecule has 7 heteroatoms. The Kier molecular flexibility index (Phi) is 6.96. The van der Waals surface area contributed by atoms with Crippen molar-refractivity contribution in [1.82, 2.24) is 15.1 Å². The second kappa shape index (κ2) is 8.96. The number of carbonyl (C=O) groups is 1. The molecule has 2 atom stereocenters. The summed E-state index contributed by atoms with van der Waals surface area (Å²) in [5.74, 6) is -0.160. The first-order valence-corrected chi connectivity index (χ1v) is 8.21. The fraction of sp³-hybridized carbons (Fsp3) is 0.588. The van der Waals surface area contributed by atoms with Gasteiger partial charge in [0.2, 0.25) is 0 Å². The lowest BCUT2D eigenvalue weighted by atomic mass is 9.96. The van der Waals surface area contributed by atoms with Gasteiger partial charge in [0.05, 0.1) is 6.61 Å². The lowest BCUT2D eigenvalue weighted by Gasteiger charge is -2.23. The smallest absolute Gasteiger partial charge is 0.317 e. The Morgan fingerprint density at radius 1 is 1.33 bits per heavy atom. The maximum absolute atomic E-state index is 13.6. The Labute approximate surface area is 141 Å². The summed E-state index contributed by atoms with van der Waals surface area (Å²) < 4.78 is 13.6. The van der Waals surface area contributed by atoms with Gasteiger partial charge in [-0.3, -0.25) is 0 Å². The molecule has 1 aromatic rings. The average Bonchev–Trinajstić information content (AvgIpc) is 2.97. The fourth-order valence-corrected chi connectivity index (χ4v) is 3.10. The highest BCUT2D eigenvalue weighted by Gasteiger charge is 2.35. The van der Waals surface area contributed by atoms with Crippen LogP contribution in [-0.4, -0.2) is 72.5 Å². The van der Waals surface area contributed by atoms with Crippen LogP contribution in [-0.2, 0) is 6.54 Å². The first kappa shape index (κ1) is 18.6. The van der Waals surface area contributed by atoms with Gasteiger partial charge in [-0.15, -0.1) is 0 Å². The number of rotatable bonds is 7. The second-order valence-corrected chi connectivity index (χ2v) is 6.34. The number of aliphatic hydroxyl groups is 2. The van der Waals surface area contributed by atoms with E-state index in [4.69, 9.17) is 5.11 Å². The van der Waals surface area contributed by atoms with Gasteiger partial charge in [-0.25, -0.2) is 9.18 Å². The highest BCUT2D eigenvalue weighted by molar-refractivity contribution is 5.74. The molecule has 1 aliphatic rings. The molecule has 1 heterocycles. The second-order valence-electron chi connectivity index (χ2n) is 6.34. The van der Waals surface area contributed by atoms with E-state index in [0.717, 1.165) is 0 Å². The molecule has 6 nitrogen and oxygen atoms in total. The molecule has 2 amide bonds. The van der Waals surface area contributed by atoms with E-state index in [1.54, 1.807) is 23.1 Å². The molecule has 3 N–H and O–H groups in total. The van der Waals surface area contributed by atoms with Crippen LogP contribution in [0, 0.1) is 17.7 Å². The van der Waals surface area contributed by atoms with Crippen LogP contribution in [0.1, 0.15) is 5.56 Å². The van der Waals surface area contributed by atoms with Crippen molar-refractivity contribution in [1.29, 1.82) is 0 Å². The van der Waals surface area contributed by atoms with Gasteiger partial charge in [0.25, 0.3) is 0 Å². The quantitative estimate of drug-likeness (QED) is 0.676. The molecule has 0 saturated carbocycles. The highest BCUT2D eigenvalue weighted by atomic mass is 19.1. The van der Waals surface area contributed by atoms with Crippen molar-refractivity contribution < 1.29 is 19.4 Å². The predicted octanol–water partition coefficient (Wildman–Crippen LogP) is 0.500. The zero-order valence-corrected chi connectivity index (χ0v) is 14.0. The van der Waals surface area contributed by atoms with Crippen LogP contribution < -0.4 is 5.32 Å². The van der Waals surface area contributed by atoms with Crippen LogP contribution in [0.2, 0.25) is 0 Å². The summed E-state index contributed by atoms with van der Waals surface area (Å²) in [7, 11) is 1.91. The van der Waals surface area contributed by atoms with E-state index in [2.05, 4.69) is 5.32 Å². The minimum atomic E-state index is -0.337. The number of nitrogens with zero attached hydrogens (tertiary/aromatic N) is 2. The number of likely N-dealkylation sites (N-methyl/N-ethyl adjacent to an activating group) is 1. The molecule has 0 spiro atoms. The number of hydrogen-bond acceptors (Lipinski definition) is 4. The van der Waals surface area contributed by atoms with Gasteiger partial charge in [0.15, 0.2) is 0 Å². The number of aliphatic hydroxyl groups excluding tert-OH is 2. The van der Waals surface area contributed by atoms with Gasteiger partial charge >= 0.3 is 6.03 Å². The molecule has 0 radical (unpaired) electrons. The Bertz CT molecular complexity index is 544. The van der Waals surface area contributed by atoms with Gasteiger partial charge in [-0.2, -0.15) is 0 Å². The Balaban J connectivity index is 1.87. The molecular formula is C17H26FN3O3. The summed E-state index contributed by atoms with van der Waals surface area (Å²) in [5.41, 5.74) is 0.447. The van der Waals surface area contributed by atoms with E-state index in [9.17, 15) is 14.3 Å². The molecule has 0 bridgehead atoms. The van der Waals surface area contributed by atoms with Crippen molar-refractivity contribution in [2.24, 2.45) is 11.8 Å². The van der Waals surface area contributed by atoms with Gasteiger partial charge < -0.3 is 25.3 Å². The number of amides is 2. The third-order valence-electron chi connectivity index (χ3n) is 4.51. The van der Waals surface area contributed by atoms with Crippen molar-refractivity contribution in [2.75, 3.05) is 46.4 Å². The number of urea groups is 1. The molecule has 0 unspecified atom stereocenters. The summed E-state index contributed by atoms with van der Waals surface area (Å²) >= 11 is 0. The lowest BCUT2D eigenvalue weighted by molar-refractivity contribution is 0.160. The Morgan fingerprint density at radius 3 is 2.71 bits per heavy atom. The van der Waals surface area contributed by atoms with Crippen LogP contribution in [0.5, 0.6) is 0 Å². The minimum Gasteiger partial charge on any atom is -0.396 e. The third-order valence-corrected chi connectivity index (χ3v) is 4.51. The van der Waals surface area contributed by atoms with Gasteiger partial charge in [-0.1, -0.05) is 18.2 Å². The molecule has 134 valence electrons. The molecule has 0 aromatic heterocycles. The van der Waals surface area contributed by atoms with E-state index >= 15 is 0 Å². The molecule has 2 rings (SSSR count). The summed E-state index contributed by atoms with van der Waals surface area (Å²) in [4.78, 5) is 16.0. The molecule has 1 aromatic carbocycles. The lowest BCUT2D eigenvalue weighted by Crippen LogP contribution is -2.39. The molecule has 1 aliphatic heterocycles. The molecule has 0 aliphatic carbocycles. The monoisotopic (exact) mass is 339 g/mol. The Morgan fingerprint density at radius 2 is 2.04 bits per heavy atom. The largest absolute Gasteiger partial charge is 0.396 e. The number of benzene rings is 1. The van der Waals surface area contributed by atoms with E-state index in [-0.39, 0.29) is 43.4 Å². The van der Waals surface area contributed by atoms with Crippen LogP contribution in [0.25, 0.3) is 0 Å². The highest BCUT2D eigenvalue weighted by Crippen LogP contribution is 2.24. The van der Waals surface area contributed by atoms with Crippen LogP contribution in [0.3, 0.4) is 0 Å². The standard InChI is InChI=1S/C17H26FN3O3/c1-20(6-7-22)9-14-10-21(11-15(14)12-23)17(24)19-8-13-4-2-3-5-16(13)18/h2-5,14-15,22-23H,6-12H2,1H3,(H,19,24)/t14-,15-/m1/s1. The zero-order chi connectivity index (χ0) is 17.5. The van der Waals surface area contributed by atoms with Gasteiger partial charge in [0, 0.05) is 50.8 Å². The van der Waals surface area contributed by atoms with E-state index in [1.165, 1.54) is 6.07 Å². The summed E-state index contributed by atoms with van der Waals surface area (Å²) in [6.45, 7) is 2.55. The van der Waals surface area contributed by atoms with Crippen molar-refractivity contribution in [3.63, 3.8) is 0 Å². The first-order chi connectivity index (χ1) is 11.5. The number of likely N-dealkylation sites (tertiary alicyclic amines) is 1. The van der Waals surface area contributed by atoms with Crippen LogP contribution in [0.15, 0.2) is 24.3 Å². The van der Waals surface area contributed by atoms with Crippen molar-refractivity contribution >= 4 is 6.03 Å². The SMILES string of the molecule is CN(CCO)C[C@@H]1CN(C(=O)NCc2ccccc2F)C[C@@H]1CO. The summed E-state index contributed by atoms with van der Waals surface area (Å²) in [6, 6.07) is 6.11. The zero-order valence-electron chi connectivity index (χ0n) is 14.0. The number of halogens is 1. The number of carbonyl (C=O) groups excluding carboxylic acids is 1. The van der Waals surface area contributed by atoms with Crippen LogP contribution >= 0.6 is 0 Å². The minimum absolute atomic E-state index is 0.0188. The molecule has 1 saturated heterocycles. The van der Waals surface area contributed by atoms with E-state index in [0.29, 0.717) is 31.7 Å². The summed E-state index contributed by atoms with van der Waals surface area (Å²) in [6.07, 6.45) is 0. The van der Waals surface area contributed by atoms with Crippen LogP contribution in [0.4, 0.5) is 9.18 Å². The van der Waals surface area contributed by atoms with Crippen molar-refractivity contribution in [3.05, 3.63) is 35.6 Å². The van der Waals surface area contributed by atoms with Gasteiger partial charge in [0.1, 0.15) is 5.82 Å². The van der Waals surface area contributed by atoms with Gasteiger partial charge in [-0.05, 0) is 19.0 Å². The maximum Gasteiger partial charge on any atom is 0.317 e. The van der Waals surface area contributed by atoms with Crippen molar-refractivity contribution in [2.45, 2.75) is 6.54 Å². The number of nitrogens with one attached hydrogen (secondary N) is 1. The number of hydrogen-bond donors (Lipinski definition) is 3. The molecule has 1 fully saturated rings. The topological polar surface area (TPSA) is 76.0 Å². The maximum atomic E-state index is 13.6. The molecule has 24 heavy (non-hydrogen) atoms. The van der Waals surface area contributed by atoms with E-state index in [1.807, 2.05) is 11.9 Å². The normalized spacial score (nSPS) is 20.6. The Hall–Kier alpha value is -1.70.